The van der Waals surface area contributed by atoms with E-state index >= 15 is 0 Å². The van der Waals surface area contributed by atoms with E-state index in [1.807, 2.05) is 0 Å². The van der Waals surface area contributed by atoms with E-state index in [0.29, 0.717) is 6.61 Å². The van der Waals surface area contributed by atoms with Crippen molar-refractivity contribution in [1.29, 1.82) is 0 Å². The molecule has 0 aromatic heterocycles. The normalized spacial score (nSPS) is 23.2. The van der Waals surface area contributed by atoms with Gasteiger partial charge >= 0.3 is 6.16 Å². The number of carbonyl (C=O) groups excluding carboxylic acids is 1. The van der Waals surface area contributed by atoms with Gasteiger partial charge in [0.2, 0.25) is 0 Å². The third kappa shape index (κ3) is 2.76. The van der Waals surface area contributed by atoms with Crippen molar-refractivity contribution >= 4 is 6.16 Å². The summed E-state index contributed by atoms with van der Waals surface area (Å²) in [6.45, 7) is 1.09. The molecule has 1 aliphatic rings. The fourth-order valence-corrected chi connectivity index (χ4v) is 0.996. The molecule has 4 heteroatoms. The van der Waals surface area contributed by atoms with E-state index < -0.39 is 6.16 Å². The highest BCUT2D eigenvalue weighted by atomic mass is 16.7. The molecule has 0 aromatic rings. The fourth-order valence-electron chi connectivity index (χ4n) is 0.996. The van der Waals surface area contributed by atoms with Crippen molar-refractivity contribution in [3.63, 3.8) is 0 Å². The van der Waals surface area contributed by atoms with Gasteiger partial charge in [0.25, 0.3) is 0 Å². The summed E-state index contributed by atoms with van der Waals surface area (Å²) in [6.07, 6.45) is 1.46. The van der Waals surface area contributed by atoms with E-state index in [4.69, 9.17) is 4.74 Å². The van der Waals surface area contributed by atoms with Crippen LogP contribution in [0.1, 0.15) is 12.8 Å². The molecule has 0 N–H and O–H groups in total. The second-order valence-electron chi connectivity index (χ2n) is 2.40. The summed E-state index contributed by atoms with van der Waals surface area (Å²) in [7, 11) is 1.29. The van der Waals surface area contributed by atoms with Crippen LogP contribution < -0.4 is 0 Å². The van der Waals surface area contributed by atoms with E-state index in [1.165, 1.54) is 7.11 Å². The van der Waals surface area contributed by atoms with Gasteiger partial charge in [-0.2, -0.15) is 0 Å². The molecule has 0 radical (unpaired) electrons. The maximum absolute atomic E-state index is 10.5. The van der Waals surface area contributed by atoms with Crippen LogP contribution in [0.3, 0.4) is 0 Å². The minimum absolute atomic E-state index is 0.0779. The summed E-state index contributed by atoms with van der Waals surface area (Å²) in [5, 5.41) is 0. The summed E-state index contributed by atoms with van der Waals surface area (Å²) in [4.78, 5) is 10.5. The van der Waals surface area contributed by atoms with Crippen molar-refractivity contribution in [2.75, 3.05) is 20.3 Å². The molecule has 11 heavy (non-hydrogen) atoms. The van der Waals surface area contributed by atoms with E-state index in [0.717, 1.165) is 19.4 Å². The lowest BCUT2D eigenvalue weighted by molar-refractivity contribution is 0.0161. The van der Waals surface area contributed by atoms with Gasteiger partial charge in [0.1, 0.15) is 6.61 Å². The Hall–Kier alpha value is -0.770. The molecule has 1 fully saturated rings. The molecule has 0 bridgehead atoms. The Kier molecular flexibility index (Phi) is 3.16. The van der Waals surface area contributed by atoms with Gasteiger partial charge in [0, 0.05) is 6.61 Å². The van der Waals surface area contributed by atoms with Crippen molar-refractivity contribution in [2.24, 2.45) is 0 Å². The molecule has 0 aromatic carbocycles. The minimum Gasteiger partial charge on any atom is -0.438 e. The van der Waals surface area contributed by atoms with Gasteiger partial charge in [-0.25, -0.2) is 4.79 Å². The van der Waals surface area contributed by atoms with Crippen LogP contribution in [0.2, 0.25) is 0 Å². The third-order valence-electron chi connectivity index (χ3n) is 1.58. The standard InChI is InChI=1S/C7H12O4/c1-9-7(8)11-5-6-3-2-4-10-6/h6H,2-5H2,1H3. The van der Waals surface area contributed by atoms with Crippen LogP contribution in [0.5, 0.6) is 0 Å². The second-order valence-corrected chi connectivity index (χ2v) is 2.40. The Morgan fingerprint density at radius 3 is 3.09 bits per heavy atom. The zero-order valence-electron chi connectivity index (χ0n) is 6.54. The maximum Gasteiger partial charge on any atom is 0.508 e. The Labute approximate surface area is 65.4 Å². The molecule has 4 nitrogen and oxygen atoms in total. The van der Waals surface area contributed by atoms with Gasteiger partial charge in [0.15, 0.2) is 0 Å². The van der Waals surface area contributed by atoms with Crippen LogP contribution in [0.15, 0.2) is 0 Å². The van der Waals surface area contributed by atoms with Crippen LogP contribution in [0, 0.1) is 0 Å². The average Bonchev–Trinajstić information content (AvgIpc) is 2.52. The number of methoxy groups -OCH3 is 1. The first-order valence-electron chi connectivity index (χ1n) is 3.65. The highest BCUT2D eigenvalue weighted by Crippen LogP contribution is 2.11. The Balaban J connectivity index is 2.06. The average molecular weight is 160 g/mol. The lowest BCUT2D eigenvalue weighted by Gasteiger charge is -2.08. The second kappa shape index (κ2) is 4.18. The smallest absolute Gasteiger partial charge is 0.438 e. The van der Waals surface area contributed by atoms with Crippen molar-refractivity contribution in [3.8, 4) is 0 Å². The topological polar surface area (TPSA) is 44.8 Å². The van der Waals surface area contributed by atoms with Gasteiger partial charge in [-0.3, -0.25) is 0 Å². The predicted molar refractivity (Wildman–Crippen MR) is 37.3 cm³/mol. The molecule has 1 aliphatic heterocycles. The predicted octanol–water partition coefficient (Wildman–Crippen LogP) is 0.948. The highest BCUT2D eigenvalue weighted by Gasteiger charge is 2.17. The van der Waals surface area contributed by atoms with E-state index in [2.05, 4.69) is 9.47 Å². The van der Waals surface area contributed by atoms with E-state index in [1.54, 1.807) is 0 Å². The molecule has 64 valence electrons. The van der Waals surface area contributed by atoms with Gasteiger partial charge in [-0.1, -0.05) is 0 Å². The summed E-state index contributed by atoms with van der Waals surface area (Å²) in [5.74, 6) is 0. The molecule has 1 saturated heterocycles. The SMILES string of the molecule is COC(=O)OCC1CCCO1. The van der Waals surface area contributed by atoms with Crippen LogP contribution in [0.25, 0.3) is 0 Å². The van der Waals surface area contributed by atoms with Crippen LogP contribution >= 0.6 is 0 Å². The molecular weight excluding hydrogens is 148 g/mol. The van der Waals surface area contributed by atoms with E-state index in [-0.39, 0.29) is 6.10 Å². The minimum atomic E-state index is -0.638. The largest absolute Gasteiger partial charge is 0.508 e. The van der Waals surface area contributed by atoms with Crippen LogP contribution in [-0.2, 0) is 14.2 Å². The molecule has 0 aliphatic carbocycles. The number of carbonyl (C=O) groups is 1. The van der Waals surface area contributed by atoms with Gasteiger partial charge in [-0.15, -0.1) is 0 Å². The highest BCUT2D eigenvalue weighted by molar-refractivity contribution is 5.59. The summed E-state index contributed by atoms with van der Waals surface area (Å²) in [6, 6.07) is 0. The first-order chi connectivity index (χ1) is 5.33. The zero-order chi connectivity index (χ0) is 8.10. The molecule has 1 heterocycles. The quantitative estimate of drug-likeness (QED) is 0.564. The maximum atomic E-state index is 10.5. The summed E-state index contributed by atoms with van der Waals surface area (Å²) < 4.78 is 14.2. The first kappa shape index (κ1) is 8.33. The van der Waals surface area contributed by atoms with Crippen LogP contribution in [-0.4, -0.2) is 32.6 Å². The van der Waals surface area contributed by atoms with Gasteiger partial charge in [0.05, 0.1) is 13.2 Å². The molecule has 1 atom stereocenters. The molecule has 0 saturated carbocycles. The van der Waals surface area contributed by atoms with Crippen molar-refractivity contribution < 1.29 is 19.0 Å². The molecular formula is C7H12O4. The first-order valence-corrected chi connectivity index (χ1v) is 3.65. The van der Waals surface area contributed by atoms with Gasteiger partial charge < -0.3 is 14.2 Å². The summed E-state index contributed by atoms with van der Waals surface area (Å²) >= 11 is 0. The van der Waals surface area contributed by atoms with Crippen molar-refractivity contribution in [1.82, 2.24) is 0 Å². The van der Waals surface area contributed by atoms with Crippen LogP contribution in [0.4, 0.5) is 4.79 Å². The Morgan fingerprint density at radius 2 is 2.55 bits per heavy atom. The molecule has 1 unspecified atom stereocenters. The number of ether oxygens (including phenoxy) is 3. The molecule has 0 spiro atoms. The fraction of sp³-hybridized carbons (Fsp3) is 0.857. The number of rotatable bonds is 2. The molecule has 0 amide bonds. The monoisotopic (exact) mass is 160 g/mol. The Bertz CT molecular complexity index is 128. The lowest BCUT2D eigenvalue weighted by Crippen LogP contribution is -2.17. The zero-order valence-corrected chi connectivity index (χ0v) is 6.54. The molecule has 1 rings (SSSR count). The number of hydrogen-bond acceptors (Lipinski definition) is 4. The van der Waals surface area contributed by atoms with Gasteiger partial charge in [-0.05, 0) is 12.8 Å². The van der Waals surface area contributed by atoms with Crippen molar-refractivity contribution in [3.05, 3.63) is 0 Å². The summed E-state index contributed by atoms with van der Waals surface area (Å²) in [5.41, 5.74) is 0. The third-order valence-corrected chi connectivity index (χ3v) is 1.58. The van der Waals surface area contributed by atoms with Crippen molar-refractivity contribution in [2.45, 2.75) is 18.9 Å². The lowest BCUT2D eigenvalue weighted by atomic mass is 10.2. The Morgan fingerprint density at radius 1 is 1.73 bits per heavy atom. The van der Waals surface area contributed by atoms with E-state index in [9.17, 15) is 4.79 Å². The number of hydrogen-bond donors (Lipinski definition) is 0.